The summed E-state index contributed by atoms with van der Waals surface area (Å²) in [6, 6.07) is 13.4. The topological polar surface area (TPSA) is 110 Å². The normalized spacial score (nSPS) is 12.8. The Morgan fingerprint density at radius 1 is 1.14 bits per heavy atom. The molecule has 0 spiro atoms. The quantitative estimate of drug-likeness (QED) is 0.298. The van der Waals surface area contributed by atoms with E-state index >= 15 is 0 Å². The number of hydrogen-bond donors (Lipinski definition) is 3. The standard InChI is InChI=1S/C27H27FN6O3/c1-16-12-18(6-9-22(16)27(36)32-20-7-8-20)24-15-31-26-23(30-11-10-29-17(2)35)14-25(33-34(24)26)37-21-5-3-4-19(28)13-21/h3-6,9,12-15,20,30H,7-8,10-11H2,1-2H3,(H,29,35)(H,32,36). The van der Waals surface area contributed by atoms with Crippen molar-refractivity contribution < 1.29 is 18.7 Å². The highest BCUT2D eigenvalue weighted by Crippen LogP contribution is 2.30. The van der Waals surface area contributed by atoms with E-state index in [-0.39, 0.29) is 23.7 Å². The Morgan fingerprint density at radius 2 is 1.97 bits per heavy atom. The van der Waals surface area contributed by atoms with Gasteiger partial charge in [-0.25, -0.2) is 13.9 Å². The van der Waals surface area contributed by atoms with Gasteiger partial charge in [-0.15, -0.1) is 5.10 Å². The molecule has 1 aliphatic carbocycles. The molecule has 0 atom stereocenters. The summed E-state index contributed by atoms with van der Waals surface area (Å²) in [6.45, 7) is 4.22. The van der Waals surface area contributed by atoms with E-state index in [1.165, 1.54) is 19.1 Å². The largest absolute Gasteiger partial charge is 0.437 e. The summed E-state index contributed by atoms with van der Waals surface area (Å²) >= 11 is 0. The molecule has 2 aromatic carbocycles. The van der Waals surface area contributed by atoms with Gasteiger partial charge in [0.15, 0.2) is 5.65 Å². The minimum Gasteiger partial charge on any atom is -0.437 e. The van der Waals surface area contributed by atoms with E-state index in [9.17, 15) is 14.0 Å². The average molecular weight is 503 g/mol. The number of hydrogen-bond acceptors (Lipinski definition) is 6. The van der Waals surface area contributed by atoms with Crippen LogP contribution in [0.1, 0.15) is 35.7 Å². The third-order valence-electron chi connectivity index (χ3n) is 5.96. The van der Waals surface area contributed by atoms with Crippen molar-refractivity contribution in [3.63, 3.8) is 0 Å². The van der Waals surface area contributed by atoms with Crippen LogP contribution in [-0.4, -0.2) is 45.5 Å². The lowest BCUT2D eigenvalue weighted by molar-refractivity contribution is -0.118. The van der Waals surface area contributed by atoms with Crippen molar-refractivity contribution in [3.8, 4) is 22.9 Å². The molecule has 9 nitrogen and oxygen atoms in total. The Kier molecular flexibility index (Phi) is 6.72. The van der Waals surface area contributed by atoms with Gasteiger partial charge in [0.05, 0.1) is 17.6 Å². The minimum atomic E-state index is -0.420. The molecule has 2 aromatic heterocycles. The monoisotopic (exact) mass is 502 g/mol. The van der Waals surface area contributed by atoms with Crippen molar-refractivity contribution in [3.05, 3.63) is 71.7 Å². The van der Waals surface area contributed by atoms with Gasteiger partial charge < -0.3 is 20.7 Å². The van der Waals surface area contributed by atoms with Crippen LogP contribution in [0, 0.1) is 12.7 Å². The van der Waals surface area contributed by atoms with Crippen LogP contribution in [0.15, 0.2) is 54.7 Å². The summed E-state index contributed by atoms with van der Waals surface area (Å²) in [7, 11) is 0. The second kappa shape index (κ2) is 10.3. The van der Waals surface area contributed by atoms with Gasteiger partial charge in [0.25, 0.3) is 5.91 Å². The SMILES string of the molecule is CC(=O)NCCNc1cc(Oc2cccc(F)c2)nn2c(-c3ccc(C(=O)NC4CC4)c(C)c3)cnc12. The van der Waals surface area contributed by atoms with Crippen molar-refractivity contribution in [1.82, 2.24) is 25.2 Å². The summed E-state index contributed by atoms with van der Waals surface area (Å²) in [4.78, 5) is 28.3. The molecular formula is C27H27FN6O3. The van der Waals surface area contributed by atoms with Gasteiger partial charge in [-0.3, -0.25) is 9.59 Å². The molecule has 1 saturated carbocycles. The molecule has 10 heteroatoms. The Bertz CT molecular complexity index is 1480. The fourth-order valence-electron chi connectivity index (χ4n) is 3.98. The molecule has 4 aromatic rings. The molecule has 3 N–H and O–H groups in total. The summed E-state index contributed by atoms with van der Waals surface area (Å²) < 4.78 is 21.2. The number of aryl methyl sites for hydroxylation is 1. The number of carbonyl (C=O) groups is 2. The number of benzene rings is 2. The maximum Gasteiger partial charge on any atom is 0.251 e. The summed E-state index contributed by atoms with van der Waals surface area (Å²) in [5.74, 6) is -0.0725. The van der Waals surface area contributed by atoms with Crippen LogP contribution in [0.3, 0.4) is 0 Å². The predicted octanol–water partition coefficient (Wildman–Crippen LogP) is 4.08. The molecule has 2 heterocycles. The van der Waals surface area contributed by atoms with Crippen molar-refractivity contribution >= 4 is 23.1 Å². The summed E-state index contributed by atoms with van der Waals surface area (Å²) in [6.07, 6.45) is 3.75. The first kappa shape index (κ1) is 24.2. The van der Waals surface area contributed by atoms with Crippen LogP contribution in [0.5, 0.6) is 11.6 Å². The van der Waals surface area contributed by atoms with Gasteiger partial charge >= 0.3 is 0 Å². The lowest BCUT2D eigenvalue weighted by Crippen LogP contribution is -2.26. The van der Waals surface area contributed by atoms with Crippen LogP contribution in [-0.2, 0) is 4.79 Å². The van der Waals surface area contributed by atoms with Crippen LogP contribution < -0.4 is 20.7 Å². The number of anilines is 1. The maximum absolute atomic E-state index is 13.7. The molecule has 5 rings (SSSR count). The molecule has 190 valence electrons. The van der Waals surface area contributed by atoms with Crippen LogP contribution in [0.4, 0.5) is 10.1 Å². The summed E-state index contributed by atoms with van der Waals surface area (Å²) in [5.41, 5.74) is 4.18. The van der Waals surface area contributed by atoms with Gasteiger partial charge in [-0.2, -0.15) is 0 Å². The number of carbonyl (C=O) groups excluding carboxylic acids is 2. The van der Waals surface area contributed by atoms with Gasteiger partial charge in [0.1, 0.15) is 11.6 Å². The molecular weight excluding hydrogens is 475 g/mol. The molecule has 37 heavy (non-hydrogen) atoms. The molecule has 0 saturated heterocycles. The number of nitrogens with zero attached hydrogens (tertiary/aromatic N) is 3. The van der Waals surface area contributed by atoms with Crippen molar-refractivity contribution in [2.45, 2.75) is 32.7 Å². The molecule has 0 bridgehead atoms. The number of halogens is 1. The minimum absolute atomic E-state index is 0.0701. The number of nitrogens with one attached hydrogen (secondary N) is 3. The molecule has 0 aliphatic heterocycles. The molecule has 0 unspecified atom stereocenters. The van der Waals surface area contributed by atoms with Gasteiger partial charge in [0, 0.05) is 49.3 Å². The number of rotatable bonds is 9. The van der Waals surface area contributed by atoms with E-state index in [0.29, 0.717) is 41.4 Å². The van der Waals surface area contributed by atoms with E-state index in [4.69, 9.17) is 4.74 Å². The first-order chi connectivity index (χ1) is 17.9. The van der Waals surface area contributed by atoms with Crippen LogP contribution >= 0.6 is 0 Å². The third kappa shape index (κ3) is 5.69. The fourth-order valence-corrected chi connectivity index (χ4v) is 3.98. The fraction of sp³-hybridized carbons (Fsp3) is 0.259. The second-order valence-electron chi connectivity index (χ2n) is 9.02. The Morgan fingerprint density at radius 3 is 2.70 bits per heavy atom. The van der Waals surface area contributed by atoms with E-state index in [2.05, 4.69) is 26.0 Å². The number of ether oxygens (including phenoxy) is 1. The van der Waals surface area contributed by atoms with E-state index in [1.807, 2.05) is 25.1 Å². The van der Waals surface area contributed by atoms with Crippen molar-refractivity contribution in [1.29, 1.82) is 0 Å². The average Bonchev–Trinajstić information content (AvgIpc) is 3.56. The number of amides is 2. The lowest BCUT2D eigenvalue weighted by Gasteiger charge is -2.12. The molecule has 0 radical (unpaired) electrons. The lowest BCUT2D eigenvalue weighted by atomic mass is 10.0. The van der Waals surface area contributed by atoms with Crippen LogP contribution in [0.2, 0.25) is 0 Å². The first-order valence-electron chi connectivity index (χ1n) is 12.1. The molecule has 1 fully saturated rings. The summed E-state index contributed by atoms with van der Waals surface area (Å²) in [5, 5.41) is 13.6. The number of aromatic nitrogens is 3. The highest BCUT2D eigenvalue weighted by atomic mass is 19.1. The zero-order valence-corrected chi connectivity index (χ0v) is 20.5. The Hall–Kier alpha value is -4.47. The molecule has 2 amide bonds. The van der Waals surface area contributed by atoms with E-state index in [1.54, 1.807) is 28.9 Å². The second-order valence-corrected chi connectivity index (χ2v) is 9.02. The first-order valence-corrected chi connectivity index (χ1v) is 12.1. The maximum atomic E-state index is 13.7. The number of fused-ring (bicyclic) bond motifs is 1. The Labute approximate surface area is 213 Å². The number of imidazole rings is 1. The highest BCUT2D eigenvalue weighted by Gasteiger charge is 2.24. The van der Waals surface area contributed by atoms with Gasteiger partial charge in [-0.05, 0) is 49.6 Å². The van der Waals surface area contributed by atoms with Crippen LogP contribution in [0.25, 0.3) is 16.9 Å². The third-order valence-corrected chi connectivity index (χ3v) is 5.96. The van der Waals surface area contributed by atoms with Crippen molar-refractivity contribution in [2.24, 2.45) is 0 Å². The smallest absolute Gasteiger partial charge is 0.251 e. The van der Waals surface area contributed by atoms with Gasteiger partial charge in [0.2, 0.25) is 11.8 Å². The zero-order chi connectivity index (χ0) is 25.9. The zero-order valence-electron chi connectivity index (χ0n) is 20.5. The van der Waals surface area contributed by atoms with Gasteiger partial charge in [-0.1, -0.05) is 12.1 Å². The molecule has 1 aliphatic rings. The van der Waals surface area contributed by atoms with E-state index < -0.39 is 5.82 Å². The predicted molar refractivity (Wildman–Crippen MR) is 137 cm³/mol. The Balaban J connectivity index is 1.49. The van der Waals surface area contributed by atoms with E-state index in [0.717, 1.165) is 24.0 Å². The highest BCUT2D eigenvalue weighted by molar-refractivity contribution is 5.96. The van der Waals surface area contributed by atoms with Crippen molar-refractivity contribution in [2.75, 3.05) is 18.4 Å².